The van der Waals surface area contributed by atoms with E-state index in [1.165, 1.54) is 0 Å². The standard InChI is InChI=1S/C28H45N3O4/c1-11-19(26(34)35)17-21(18(2)3)31(23(24(32)30-10)27(4,5)6)25(33)22(29-9)28(7,8)20-15-13-12-14-16-20/h12-18,21-23,29H,11H2,1-10H3,(H,30,32)(H,34,35)/b19-17+/t21-,22-,23-/m1/s1. The van der Waals surface area contributed by atoms with E-state index >= 15 is 0 Å². The molecule has 7 heteroatoms. The quantitative estimate of drug-likeness (QED) is 0.410. The van der Waals surface area contributed by atoms with E-state index in [1.54, 1.807) is 32.0 Å². The maximum atomic E-state index is 14.5. The summed E-state index contributed by atoms with van der Waals surface area (Å²) in [5, 5.41) is 15.7. The number of carboxylic acid groups (broad SMARTS) is 1. The lowest BCUT2D eigenvalue weighted by Gasteiger charge is -2.47. The van der Waals surface area contributed by atoms with Gasteiger partial charge in [0.25, 0.3) is 0 Å². The number of aliphatic carboxylic acids is 1. The molecule has 0 fully saturated rings. The summed E-state index contributed by atoms with van der Waals surface area (Å²) in [4.78, 5) is 41.3. The van der Waals surface area contributed by atoms with Crippen molar-refractivity contribution in [1.82, 2.24) is 15.5 Å². The number of nitrogens with one attached hydrogen (secondary N) is 2. The monoisotopic (exact) mass is 487 g/mol. The van der Waals surface area contributed by atoms with Gasteiger partial charge in [-0.05, 0) is 30.4 Å². The van der Waals surface area contributed by atoms with Gasteiger partial charge in [0.1, 0.15) is 6.04 Å². The molecule has 1 aromatic rings. The molecule has 1 rings (SSSR count). The van der Waals surface area contributed by atoms with Crippen LogP contribution in [0.15, 0.2) is 42.0 Å². The maximum Gasteiger partial charge on any atom is 0.331 e. The van der Waals surface area contributed by atoms with Crippen LogP contribution in [0.25, 0.3) is 0 Å². The first kappa shape index (κ1) is 30.4. The highest BCUT2D eigenvalue weighted by molar-refractivity contribution is 5.92. The summed E-state index contributed by atoms with van der Waals surface area (Å²) in [5.74, 6) is -1.69. The van der Waals surface area contributed by atoms with E-state index in [0.717, 1.165) is 5.56 Å². The van der Waals surface area contributed by atoms with Crippen LogP contribution >= 0.6 is 0 Å². The van der Waals surface area contributed by atoms with Crippen LogP contribution in [0.3, 0.4) is 0 Å². The fourth-order valence-electron chi connectivity index (χ4n) is 4.64. The number of carbonyl (C=O) groups is 3. The maximum absolute atomic E-state index is 14.5. The van der Waals surface area contributed by atoms with Crippen molar-refractivity contribution in [3.63, 3.8) is 0 Å². The zero-order chi connectivity index (χ0) is 27.1. The van der Waals surface area contributed by atoms with Gasteiger partial charge in [-0.1, -0.05) is 91.8 Å². The van der Waals surface area contributed by atoms with Crippen molar-refractivity contribution >= 4 is 17.8 Å². The molecule has 3 N–H and O–H groups in total. The van der Waals surface area contributed by atoms with Crippen molar-refractivity contribution < 1.29 is 19.5 Å². The van der Waals surface area contributed by atoms with Crippen LogP contribution in [0, 0.1) is 11.3 Å². The van der Waals surface area contributed by atoms with Crippen molar-refractivity contribution in [3.05, 3.63) is 47.5 Å². The second-order valence-corrected chi connectivity index (χ2v) is 11.0. The van der Waals surface area contributed by atoms with E-state index in [9.17, 15) is 19.5 Å². The van der Waals surface area contributed by atoms with Gasteiger partial charge in [-0.2, -0.15) is 0 Å². The first-order valence-electron chi connectivity index (χ1n) is 12.4. The third-order valence-electron chi connectivity index (χ3n) is 6.65. The minimum atomic E-state index is -1.02. The van der Waals surface area contributed by atoms with Crippen molar-refractivity contribution in [2.45, 2.75) is 85.4 Å². The van der Waals surface area contributed by atoms with Crippen LogP contribution in [0.5, 0.6) is 0 Å². The van der Waals surface area contributed by atoms with Gasteiger partial charge in [-0.15, -0.1) is 0 Å². The Morgan fingerprint density at radius 3 is 1.94 bits per heavy atom. The molecule has 196 valence electrons. The van der Waals surface area contributed by atoms with Gasteiger partial charge in [-0.3, -0.25) is 9.59 Å². The largest absolute Gasteiger partial charge is 0.478 e. The zero-order valence-corrected chi connectivity index (χ0v) is 23.1. The number of amides is 2. The third kappa shape index (κ3) is 7.17. The Morgan fingerprint density at radius 1 is 1.03 bits per heavy atom. The van der Waals surface area contributed by atoms with E-state index < -0.39 is 34.9 Å². The smallest absolute Gasteiger partial charge is 0.331 e. The van der Waals surface area contributed by atoms with Gasteiger partial charge in [0, 0.05) is 18.0 Å². The molecule has 0 saturated carbocycles. The van der Waals surface area contributed by atoms with Crippen molar-refractivity contribution in [2.75, 3.05) is 14.1 Å². The summed E-state index contributed by atoms with van der Waals surface area (Å²) < 4.78 is 0. The van der Waals surface area contributed by atoms with Gasteiger partial charge >= 0.3 is 5.97 Å². The normalized spacial score (nSPS) is 15.3. The predicted molar refractivity (Wildman–Crippen MR) is 141 cm³/mol. The van der Waals surface area contributed by atoms with E-state index in [4.69, 9.17) is 0 Å². The summed E-state index contributed by atoms with van der Waals surface area (Å²) in [7, 11) is 3.30. The first-order valence-corrected chi connectivity index (χ1v) is 12.4. The fourth-order valence-corrected chi connectivity index (χ4v) is 4.64. The Balaban J connectivity index is 3.88. The molecule has 3 atom stereocenters. The molecule has 7 nitrogen and oxygen atoms in total. The fraction of sp³-hybridized carbons (Fsp3) is 0.607. The molecule has 0 aliphatic heterocycles. The van der Waals surface area contributed by atoms with E-state index in [0.29, 0.717) is 6.42 Å². The molecule has 0 aliphatic rings. The Bertz CT molecular complexity index is 901. The minimum absolute atomic E-state index is 0.133. The lowest BCUT2D eigenvalue weighted by Crippen LogP contribution is -2.65. The topological polar surface area (TPSA) is 98.7 Å². The number of rotatable bonds is 11. The van der Waals surface area contributed by atoms with E-state index in [2.05, 4.69) is 10.6 Å². The Labute approximate surface area is 211 Å². The highest BCUT2D eigenvalue weighted by Gasteiger charge is 2.47. The lowest BCUT2D eigenvalue weighted by atomic mass is 9.75. The first-order chi connectivity index (χ1) is 16.1. The van der Waals surface area contributed by atoms with Crippen LogP contribution in [-0.2, 0) is 19.8 Å². The average molecular weight is 488 g/mol. The summed E-state index contributed by atoms with van der Waals surface area (Å²) in [5.41, 5.74) is -0.0189. The van der Waals surface area contributed by atoms with Crippen LogP contribution < -0.4 is 10.6 Å². The van der Waals surface area contributed by atoms with Crippen molar-refractivity contribution in [1.29, 1.82) is 0 Å². The second kappa shape index (κ2) is 12.3. The van der Waals surface area contributed by atoms with Crippen LogP contribution in [-0.4, -0.2) is 60.0 Å². The zero-order valence-electron chi connectivity index (χ0n) is 23.1. The molecular weight excluding hydrogens is 442 g/mol. The summed E-state index contributed by atoms with van der Waals surface area (Å²) >= 11 is 0. The number of benzene rings is 1. The van der Waals surface area contributed by atoms with E-state index in [-0.39, 0.29) is 23.3 Å². The SMILES string of the molecule is CC/C(=C\[C@H](C(C)C)N(C(=O)[C@@H](NC)C(C)(C)c1ccccc1)[C@H](C(=O)NC)C(C)(C)C)C(=O)O. The molecular formula is C28H45N3O4. The number of nitrogens with zero attached hydrogens (tertiary/aromatic N) is 1. The lowest BCUT2D eigenvalue weighted by molar-refractivity contribution is -0.150. The molecule has 1 aromatic carbocycles. The van der Waals surface area contributed by atoms with Gasteiger partial charge in [0.15, 0.2) is 0 Å². The molecule has 0 unspecified atom stereocenters. The van der Waals surface area contributed by atoms with Crippen LogP contribution in [0.2, 0.25) is 0 Å². The van der Waals surface area contributed by atoms with Gasteiger partial charge < -0.3 is 20.6 Å². The summed E-state index contributed by atoms with van der Waals surface area (Å²) in [6, 6.07) is 7.70. The molecule has 2 amide bonds. The van der Waals surface area contributed by atoms with Crippen molar-refractivity contribution in [3.8, 4) is 0 Å². The number of hydrogen-bond acceptors (Lipinski definition) is 4. The number of likely N-dealkylation sites (N-methyl/N-ethyl adjacent to an activating group) is 2. The highest BCUT2D eigenvalue weighted by atomic mass is 16.4. The number of hydrogen-bond donors (Lipinski definition) is 3. The molecule has 0 heterocycles. The second-order valence-electron chi connectivity index (χ2n) is 11.0. The van der Waals surface area contributed by atoms with Crippen LogP contribution in [0.4, 0.5) is 0 Å². The molecule has 0 bridgehead atoms. The van der Waals surface area contributed by atoms with Gasteiger partial charge in [0.05, 0.1) is 12.1 Å². The third-order valence-corrected chi connectivity index (χ3v) is 6.65. The number of carboxylic acids is 1. The van der Waals surface area contributed by atoms with Crippen molar-refractivity contribution in [2.24, 2.45) is 11.3 Å². The molecule has 0 radical (unpaired) electrons. The average Bonchev–Trinajstić information content (AvgIpc) is 2.77. The molecule has 0 saturated heterocycles. The van der Waals surface area contributed by atoms with E-state index in [1.807, 2.05) is 78.8 Å². The Morgan fingerprint density at radius 2 is 1.57 bits per heavy atom. The summed E-state index contributed by atoms with van der Waals surface area (Å²) in [6.07, 6.45) is 1.96. The van der Waals surface area contributed by atoms with Gasteiger partial charge in [0.2, 0.25) is 11.8 Å². The minimum Gasteiger partial charge on any atom is -0.478 e. The predicted octanol–water partition coefficient (Wildman–Crippen LogP) is 3.99. The Kier molecular flexibility index (Phi) is 10.7. The summed E-state index contributed by atoms with van der Waals surface area (Å²) in [6.45, 7) is 15.4. The van der Waals surface area contributed by atoms with Gasteiger partial charge in [-0.25, -0.2) is 4.79 Å². The number of carbonyl (C=O) groups excluding carboxylic acids is 2. The molecule has 0 aliphatic carbocycles. The highest BCUT2D eigenvalue weighted by Crippen LogP contribution is 2.34. The molecule has 35 heavy (non-hydrogen) atoms. The van der Waals surface area contributed by atoms with Crippen LogP contribution in [0.1, 0.15) is 67.4 Å². The molecule has 0 aromatic heterocycles. The molecule has 0 spiro atoms. The Hall–Kier alpha value is -2.67.